The van der Waals surface area contributed by atoms with Crippen molar-refractivity contribution in [2.45, 2.75) is 13.0 Å². The summed E-state index contributed by atoms with van der Waals surface area (Å²) in [6, 6.07) is 6.86. The van der Waals surface area contributed by atoms with Gasteiger partial charge in [-0.15, -0.1) is 24.8 Å². The number of carbonyl (C=O) groups excluding carboxylic acids is 1. The highest BCUT2D eigenvalue weighted by molar-refractivity contribution is 6.03. The van der Waals surface area contributed by atoms with Crippen LogP contribution in [0.5, 0.6) is 0 Å². The standard InChI is InChI=1S/C14H17N3O2.2ClH/c1-9-5-6-12(10-4-3-7-16-13(9)10)17-14(18)11(15)8-19-2;;/h3-7,11H,8,15H2,1-2H3,(H,17,18);2*1H. The number of aromatic nitrogens is 1. The van der Waals surface area contributed by atoms with Crippen molar-refractivity contribution in [1.82, 2.24) is 4.98 Å². The van der Waals surface area contributed by atoms with Crippen LogP contribution in [0.25, 0.3) is 10.9 Å². The average molecular weight is 332 g/mol. The fourth-order valence-corrected chi connectivity index (χ4v) is 1.90. The molecule has 2 aromatic rings. The predicted octanol–water partition coefficient (Wildman–Crippen LogP) is 2.30. The molecule has 0 fully saturated rings. The normalized spacial score (nSPS) is 11.2. The first-order chi connectivity index (χ1) is 9.13. The molecule has 1 amide bonds. The summed E-state index contributed by atoms with van der Waals surface area (Å²) in [5.41, 5.74) is 8.35. The van der Waals surface area contributed by atoms with E-state index in [2.05, 4.69) is 10.3 Å². The van der Waals surface area contributed by atoms with Crippen molar-refractivity contribution in [3.63, 3.8) is 0 Å². The lowest BCUT2D eigenvalue weighted by Crippen LogP contribution is -2.39. The Labute approximate surface area is 136 Å². The van der Waals surface area contributed by atoms with E-state index in [0.717, 1.165) is 16.5 Å². The first-order valence-corrected chi connectivity index (χ1v) is 6.03. The first-order valence-electron chi connectivity index (χ1n) is 6.03. The van der Waals surface area contributed by atoms with Crippen molar-refractivity contribution in [1.29, 1.82) is 0 Å². The molecule has 7 heteroatoms. The molecule has 0 saturated heterocycles. The molecule has 0 spiro atoms. The van der Waals surface area contributed by atoms with Gasteiger partial charge in [-0.3, -0.25) is 9.78 Å². The van der Waals surface area contributed by atoms with Crippen molar-refractivity contribution in [3.8, 4) is 0 Å². The Kier molecular flexibility index (Phi) is 8.21. The molecule has 21 heavy (non-hydrogen) atoms. The van der Waals surface area contributed by atoms with Crippen LogP contribution < -0.4 is 11.1 Å². The number of hydrogen-bond acceptors (Lipinski definition) is 4. The van der Waals surface area contributed by atoms with Gasteiger partial charge in [-0.05, 0) is 30.7 Å². The van der Waals surface area contributed by atoms with Crippen LogP contribution in [0.1, 0.15) is 5.56 Å². The van der Waals surface area contributed by atoms with Crippen LogP contribution in [-0.4, -0.2) is 30.6 Å². The van der Waals surface area contributed by atoms with Gasteiger partial charge in [0, 0.05) is 18.7 Å². The highest BCUT2D eigenvalue weighted by Gasteiger charge is 2.14. The Bertz CT molecular complexity index is 608. The van der Waals surface area contributed by atoms with Gasteiger partial charge in [0.2, 0.25) is 5.91 Å². The van der Waals surface area contributed by atoms with E-state index in [0.29, 0.717) is 5.69 Å². The van der Waals surface area contributed by atoms with E-state index < -0.39 is 6.04 Å². The molecule has 116 valence electrons. The number of nitrogens with zero attached hydrogens (tertiary/aromatic N) is 1. The number of methoxy groups -OCH3 is 1. The molecule has 3 N–H and O–H groups in total. The molecule has 0 aliphatic rings. The van der Waals surface area contributed by atoms with Crippen LogP contribution in [0.2, 0.25) is 0 Å². The molecule has 0 aliphatic carbocycles. The minimum absolute atomic E-state index is 0. The quantitative estimate of drug-likeness (QED) is 0.901. The minimum Gasteiger partial charge on any atom is -0.383 e. The summed E-state index contributed by atoms with van der Waals surface area (Å²) in [6.45, 7) is 2.17. The molecule has 0 bridgehead atoms. The second-order valence-corrected chi connectivity index (χ2v) is 4.38. The van der Waals surface area contributed by atoms with Crippen molar-refractivity contribution < 1.29 is 9.53 Å². The fraction of sp³-hybridized carbons (Fsp3) is 0.286. The number of fused-ring (bicyclic) bond motifs is 1. The Morgan fingerprint density at radius 3 is 2.76 bits per heavy atom. The Balaban J connectivity index is 0.00000200. The number of nitrogens with two attached hydrogens (primary N) is 1. The topological polar surface area (TPSA) is 77.2 Å². The lowest BCUT2D eigenvalue weighted by Gasteiger charge is -2.13. The number of pyridine rings is 1. The summed E-state index contributed by atoms with van der Waals surface area (Å²) in [6.07, 6.45) is 1.73. The molecule has 1 aromatic heterocycles. The van der Waals surface area contributed by atoms with E-state index >= 15 is 0 Å². The zero-order valence-corrected chi connectivity index (χ0v) is 13.5. The lowest BCUT2D eigenvalue weighted by molar-refractivity contribution is -0.118. The van der Waals surface area contributed by atoms with Gasteiger partial charge in [0.15, 0.2) is 0 Å². The molecule has 0 aliphatic heterocycles. The van der Waals surface area contributed by atoms with Crippen molar-refractivity contribution >= 4 is 47.3 Å². The third kappa shape index (κ3) is 4.54. The number of rotatable bonds is 4. The summed E-state index contributed by atoms with van der Waals surface area (Å²) in [4.78, 5) is 16.2. The highest BCUT2D eigenvalue weighted by atomic mass is 35.5. The van der Waals surface area contributed by atoms with Gasteiger partial charge in [0.1, 0.15) is 6.04 Å². The SMILES string of the molecule is COCC(N)C(=O)Nc1ccc(C)c2ncccc12.Cl.Cl. The van der Waals surface area contributed by atoms with Gasteiger partial charge in [0.25, 0.3) is 0 Å². The zero-order chi connectivity index (χ0) is 13.8. The molecule has 1 unspecified atom stereocenters. The van der Waals surface area contributed by atoms with E-state index in [1.54, 1.807) is 6.20 Å². The number of halogens is 2. The van der Waals surface area contributed by atoms with E-state index in [9.17, 15) is 4.79 Å². The molecule has 1 atom stereocenters. The maximum atomic E-state index is 11.9. The van der Waals surface area contributed by atoms with Crippen molar-refractivity contribution in [3.05, 3.63) is 36.0 Å². The Morgan fingerprint density at radius 2 is 2.10 bits per heavy atom. The molecule has 0 saturated carbocycles. The van der Waals surface area contributed by atoms with Gasteiger partial charge in [-0.1, -0.05) is 6.07 Å². The number of benzene rings is 1. The van der Waals surface area contributed by atoms with Gasteiger partial charge >= 0.3 is 0 Å². The number of hydrogen-bond donors (Lipinski definition) is 2. The minimum atomic E-state index is -0.682. The lowest BCUT2D eigenvalue weighted by atomic mass is 10.1. The van der Waals surface area contributed by atoms with E-state index in [1.165, 1.54) is 7.11 Å². The summed E-state index contributed by atoms with van der Waals surface area (Å²) >= 11 is 0. The predicted molar refractivity (Wildman–Crippen MR) is 89.5 cm³/mol. The molecular weight excluding hydrogens is 313 g/mol. The van der Waals surface area contributed by atoms with E-state index in [-0.39, 0.29) is 37.3 Å². The van der Waals surface area contributed by atoms with Gasteiger partial charge in [0.05, 0.1) is 17.8 Å². The third-order valence-electron chi connectivity index (χ3n) is 2.91. The van der Waals surface area contributed by atoms with Crippen molar-refractivity contribution in [2.24, 2.45) is 5.73 Å². The zero-order valence-electron chi connectivity index (χ0n) is 11.8. The maximum Gasteiger partial charge on any atom is 0.243 e. The molecule has 2 rings (SSSR count). The van der Waals surface area contributed by atoms with Gasteiger partial charge in [-0.25, -0.2) is 0 Å². The number of aryl methyl sites for hydroxylation is 1. The number of nitrogens with one attached hydrogen (secondary N) is 1. The van der Waals surface area contributed by atoms with Crippen molar-refractivity contribution in [2.75, 3.05) is 19.0 Å². The number of ether oxygens (including phenoxy) is 1. The summed E-state index contributed by atoms with van der Waals surface area (Å²) in [5, 5.41) is 3.72. The van der Waals surface area contributed by atoms with E-state index in [4.69, 9.17) is 10.5 Å². The van der Waals surface area contributed by atoms with Crippen LogP contribution >= 0.6 is 24.8 Å². The fourth-order valence-electron chi connectivity index (χ4n) is 1.90. The van der Waals surface area contributed by atoms with Crippen LogP contribution in [0.3, 0.4) is 0 Å². The molecule has 1 aromatic carbocycles. The van der Waals surface area contributed by atoms with Gasteiger partial charge < -0.3 is 15.8 Å². The average Bonchev–Trinajstić information content (AvgIpc) is 2.42. The highest BCUT2D eigenvalue weighted by Crippen LogP contribution is 2.24. The number of carbonyl (C=O) groups is 1. The number of anilines is 1. The second kappa shape index (κ2) is 8.79. The molecular formula is C14H19Cl2N3O2. The monoisotopic (exact) mass is 331 g/mol. The summed E-state index contributed by atoms with van der Waals surface area (Å²) in [5.74, 6) is -0.268. The molecule has 5 nitrogen and oxygen atoms in total. The smallest absolute Gasteiger partial charge is 0.243 e. The van der Waals surface area contributed by atoms with Crippen LogP contribution in [-0.2, 0) is 9.53 Å². The first kappa shape index (κ1) is 19.6. The summed E-state index contributed by atoms with van der Waals surface area (Å²) < 4.78 is 4.87. The molecule has 1 heterocycles. The maximum absolute atomic E-state index is 11.9. The van der Waals surface area contributed by atoms with Crippen LogP contribution in [0.15, 0.2) is 30.5 Å². The van der Waals surface area contributed by atoms with Gasteiger partial charge in [-0.2, -0.15) is 0 Å². The summed E-state index contributed by atoms with van der Waals surface area (Å²) in [7, 11) is 1.51. The molecule has 0 radical (unpaired) electrons. The Morgan fingerprint density at radius 1 is 1.38 bits per heavy atom. The van der Waals surface area contributed by atoms with Crippen LogP contribution in [0.4, 0.5) is 5.69 Å². The van der Waals surface area contributed by atoms with Crippen LogP contribution in [0, 0.1) is 6.92 Å². The third-order valence-corrected chi connectivity index (χ3v) is 2.91. The van der Waals surface area contributed by atoms with E-state index in [1.807, 2.05) is 31.2 Å². The number of amides is 1. The largest absolute Gasteiger partial charge is 0.383 e. The Hall–Kier alpha value is -1.40. The second-order valence-electron chi connectivity index (χ2n) is 4.38.